The van der Waals surface area contributed by atoms with Crippen molar-refractivity contribution < 1.29 is 4.42 Å². The molecule has 0 fully saturated rings. The van der Waals surface area contributed by atoms with Crippen LogP contribution in [0.5, 0.6) is 0 Å². The van der Waals surface area contributed by atoms with Gasteiger partial charge in [-0.3, -0.25) is 5.41 Å². The van der Waals surface area contributed by atoms with Crippen LogP contribution in [0.25, 0.3) is 55.3 Å². The molecule has 7 aromatic carbocycles. The van der Waals surface area contributed by atoms with E-state index in [4.69, 9.17) is 54.1 Å². The molecule has 4 nitrogen and oxygen atoms in total. The van der Waals surface area contributed by atoms with Crippen molar-refractivity contribution in [3.05, 3.63) is 162 Å². The standard InChI is InChI=1S/C45H26B5N3O/c46-39-38(40(47)42(49)43(50)41(39)48)29-20-18-27(19-21-29)26-14-16-28(17-15-26)32-22-23-35-34(24-32)37-33(12-7-13-36(37)54-35)25-52-45(31-10-5-2-6-11-31)53-44(51)30-8-3-1-4-9-30/h1-25,51H. The van der Waals surface area contributed by atoms with Crippen molar-refractivity contribution in [3.63, 3.8) is 0 Å². The highest BCUT2D eigenvalue weighted by atomic mass is 16.3. The smallest absolute Gasteiger partial charge is 0.161 e. The second kappa shape index (κ2) is 14.6. The number of amidine groups is 2. The Hall–Kier alpha value is -6.33. The number of furan rings is 1. The van der Waals surface area contributed by atoms with E-state index in [1.54, 1.807) is 6.21 Å². The molecule has 54 heavy (non-hydrogen) atoms. The fourth-order valence-electron chi connectivity index (χ4n) is 6.64. The average Bonchev–Trinajstić information content (AvgIpc) is 3.60. The molecule has 0 aliphatic carbocycles. The highest BCUT2D eigenvalue weighted by Crippen LogP contribution is 2.35. The van der Waals surface area contributed by atoms with Crippen molar-refractivity contribution >= 4 is 106 Å². The van der Waals surface area contributed by atoms with Gasteiger partial charge >= 0.3 is 0 Å². The lowest BCUT2D eigenvalue weighted by atomic mass is 9.59. The summed E-state index contributed by atoms with van der Waals surface area (Å²) in [4.78, 5) is 9.48. The Morgan fingerprint density at radius 2 is 1.02 bits per heavy atom. The maximum Gasteiger partial charge on any atom is 0.161 e. The summed E-state index contributed by atoms with van der Waals surface area (Å²) in [5.74, 6) is 0.577. The van der Waals surface area contributed by atoms with Crippen LogP contribution in [0.4, 0.5) is 0 Å². The lowest BCUT2D eigenvalue weighted by Crippen LogP contribution is -2.55. The van der Waals surface area contributed by atoms with Gasteiger partial charge in [-0.15, -0.1) is 16.4 Å². The van der Waals surface area contributed by atoms with Crippen molar-refractivity contribution in [2.24, 2.45) is 9.98 Å². The fraction of sp³-hybridized carbons (Fsp3) is 0. The molecular formula is C45H26B5N3O. The number of fused-ring (bicyclic) bond motifs is 3. The van der Waals surface area contributed by atoms with Gasteiger partial charge in [-0.1, -0.05) is 138 Å². The van der Waals surface area contributed by atoms with Crippen LogP contribution in [0.3, 0.4) is 0 Å². The number of nitrogens with one attached hydrogen (secondary N) is 1. The molecule has 1 heterocycles. The van der Waals surface area contributed by atoms with Crippen molar-refractivity contribution in [1.29, 1.82) is 5.41 Å². The average molecular weight is 679 g/mol. The van der Waals surface area contributed by atoms with Crippen LogP contribution in [0.1, 0.15) is 16.7 Å². The lowest BCUT2D eigenvalue weighted by molar-refractivity contribution is 0.669. The number of rotatable bonds is 6. The maximum absolute atomic E-state index is 8.65. The zero-order valence-corrected chi connectivity index (χ0v) is 29.1. The van der Waals surface area contributed by atoms with E-state index in [0.717, 1.165) is 60.9 Å². The van der Waals surface area contributed by atoms with Gasteiger partial charge in [-0.2, -0.15) is 0 Å². The van der Waals surface area contributed by atoms with E-state index in [2.05, 4.69) is 41.4 Å². The molecule has 8 aromatic rings. The lowest BCUT2D eigenvalue weighted by Gasteiger charge is -2.21. The minimum atomic E-state index is 0.135. The molecule has 0 aliphatic rings. The zero-order valence-electron chi connectivity index (χ0n) is 29.1. The van der Waals surface area contributed by atoms with Crippen molar-refractivity contribution in [2.45, 2.75) is 0 Å². The molecule has 9 heteroatoms. The highest BCUT2D eigenvalue weighted by Gasteiger charge is 2.14. The van der Waals surface area contributed by atoms with E-state index >= 15 is 0 Å². The first-order valence-corrected chi connectivity index (χ1v) is 17.3. The topological polar surface area (TPSA) is 61.7 Å². The first-order valence-electron chi connectivity index (χ1n) is 17.3. The monoisotopic (exact) mass is 679 g/mol. The van der Waals surface area contributed by atoms with Crippen molar-refractivity contribution in [3.8, 4) is 33.4 Å². The van der Waals surface area contributed by atoms with Crippen LogP contribution in [0.2, 0.25) is 0 Å². The number of nitrogens with zero attached hydrogens (tertiary/aromatic N) is 2. The summed E-state index contributed by atoms with van der Waals surface area (Å²) in [5.41, 5.74) is 10.8. The number of hydrogen-bond donors (Lipinski definition) is 1. The van der Waals surface area contributed by atoms with E-state index in [1.807, 2.05) is 109 Å². The molecule has 0 atom stereocenters. The summed E-state index contributed by atoms with van der Waals surface area (Å²) in [5, 5.41) is 10.6. The van der Waals surface area contributed by atoms with Gasteiger partial charge in [-0.25, -0.2) is 9.98 Å². The fourth-order valence-corrected chi connectivity index (χ4v) is 6.64. The van der Waals surface area contributed by atoms with Gasteiger partial charge in [0, 0.05) is 33.7 Å². The Bertz CT molecular complexity index is 2730. The van der Waals surface area contributed by atoms with Crippen LogP contribution in [0.15, 0.2) is 160 Å². The quantitative estimate of drug-likeness (QED) is 0.142. The van der Waals surface area contributed by atoms with Gasteiger partial charge in [0.2, 0.25) is 0 Å². The van der Waals surface area contributed by atoms with E-state index in [9.17, 15) is 0 Å². The Morgan fingerprint density at radius 1 is 0.500 bits per heavy atom. The second-order valence-corrected chi connectivity index (χ2v) is 12.9. The van der Waals surface area contributed by atoms with Crippen LogP contribution in [-0.2, 0) is 0 Å². The molecule has 0 bridgehead atoms. The molecule has 242 valence electrons. The second-order valence-electron chi connectivity index (χ2n) is 12.9. The molecule has 0 aliphatic heterocycles. The van der Waals surface area contributed by atoms with Gasteiger partial charge in [0.1, 0.15) is 50.4 Å². The maximum atomic E-state index is 8.65. The third-order valence-corrected chi connectivity index (χ3v) is 9.57. The van der Waals surface area contributed by atoms with E-state index in [1.165, 1.54) is 0 Å². The summed E-state index contributed by atoms with van der Waals surface area (Å²) in [7, 11) is 30.8. The summed E-state index contributed by atoms with van der Waals surface area (Å²) in [6, 6.07) is 47.6. The van der Waals surface area contributed by atoms with Gasteiger partial charge < -0.3 is 4.42 Å². The van der Waals surface area contributed by atoms with Crippen molar-refractivity contribution in [1.82, 2.24) is 0 Å². The molecule has 1 N–H and O–H groups in total. The number of benzene rings is 7. The van der Waals surface area contributed by atoms with E-state index < -0.39 is 0 Å². The first kappa shape index (κ1) is 34.7. The molecule has 1 aromatic heterocycles. The summed E-state index contributed by atoms with van der Waals surface area (Å²) in [6.45, 7) is 0. The largest absolute Gasteiger partial charge is 0.456 e. The normalized spacial score (nSPS) is 11.8. The zero-order chi connectivity index (χ0) is 37.3. The molecule has 0 unspecified atom stereocenters. The summed E-state index contributed by atoms with van der Waals surface area (Å²) < 4.78 is 6.29. The molecular weight excluding hydrogens is 653 g/mol. The minimum absolute atomic E-state index is 0.135. The summed E-state index contributed by atoms with van der Waals surface area (Å²) >= 11 is 0. The predicted molar refractivity (Wildman–Crippen MR) is 231 cm³/mol. The Balaban J connectivity index is 1.10. The minimum Gasteiger partial charge on any atom is -0.456 e. The van der Waals surface area contributed by atoms with E-state index in [0.29, 0.717) is 27.9 Å². The Morgan fingerprint density at radius 3 is 1.63 bits per heavy atom. The van der Waals surface area contributed by atoms with Gasteiger partial charge in [0.15, 0.2) is 11.7 Å². The molecule has 0 amide bonds. The molecule has 10 radical (unpaired) electrons. The predicted octanol–water partition coefficient (Wildman–Crippen LogP) is 5.45. The molecule has 0 saturated carbocycles. The molecule has 0 saturated heterocycles. The van der Waals surface area contributed by atoms with Gasteiger partial charge in [-0.05, 0) is 51.6 Å². The van der Waals surface area contributed by atoms with Crippen LogP contribution >= 0.6 is 0 Å². The van der Waals surface area contributed by atoms with Crippen LogP contribution in [-0.4, -0.2) is 57.1 Å². The number of aliphatic imine (C=N–C) groups is 2. The third-order valence-electron chi connectivity index (χ3n) is 9.57. The SMILES string of the molecule is [B]c1c([B])c([B])c(-c2ccc(-c3ccc(-c4ccc5oc6cccc(C=NC(=NC(=N)c7ccccc7)c7ccccc7)c6c5c4)cc3)cc2)c([B])c1[B]. The van der Waals surface area contributed by atoms with Crippen molar-refractivity contribution in [2.75, 3.05) is 0 Å². The van der Waals surface area contributed by atoms with Gasteiger partial charge in [0.25, 0.3) is 0 Å². The van der Waals surface area contributed by atoms with Gasteiger partial charge in [0.05, 0.1) is 0 Å². The van der Waals surface area contributed by atoms with E-state index in [-0.39, 0.29) is 22.2 Å². The Kier molecular flexibility index (Phi) is 9.39. The van der Waals surface area contributed by atoms with Crippen LogP contribution < -0.4 is 27.3 Å². The third kappa shape index (κ3) is 6.58. The molecule has 0 spiro atoms. The molecule has 8 rings (SSSR count). The number of hydrogen-bond acceptors (Lipinski definition) is 2. The van der Waals surface area contributed by atoms with Crippen LogP contribution in [0, 0.1) is 5.41 Å². The highest BCUT2D eigenvalue weighted by molar-refractivity contribution is 6.68. The first-order chi connectivity index (χ1) is 26.3. The summed E-state index contributed by atoms with van der Waals surface area (Å²) in [6.07, 6.45) is 1.80. The Labute approximate surface area is 320 Å².